The molecule has 1 atom stereocenters. The monoisotopic (exact) mass is 471 g/mol. The fraction of sp³-hybridized carbons (Fsp3) is 0.310. The van der Waals surface area contributed by atoms with E-state index in [-0.39, 0.29) is 12.3 Å². The van der Waals surface area contributed by atoms with Gasteiger partial charge in [-0.15, -0.1) is 6.58 Å². The lowest BCUT2D eigenvalue weighted by Crippen LogP contribution is -2.10. The molecule has 35 heavy (non-hydrogen) atoms. The van der Waals surface area contributed by atoms with E-state index in [1.807, 2.05) is 36.5 Å². The van der Waals surface area contributed by atoms with E-state index in [9.17, 15) is 9.90 Å². The Morgan fingerprint density at radius 2 is 2.03 bits per heavy atom. The zero-order chi connectivity index (χ0) is 24.6. The van der Waals surface area contributed by atoms with Gasteiger partial charge in [0.1, 0.15) is 11.6 Å². The Balaban J connectivity index is 1.39. The number of anilines is 1. The molecular formula is C29H33N3O3. The molecule has 1 unspecified atom stereocenters. The number of fused-ring (bicyclic) bond motifs is 2. The Bertz CT molecular complexity index is 1190. The maximum absolute atomic E-state index is 11.5. The molecule has 1 heterocycles. The molecule has 0 radical (unpaired) electrons. The van der Waals surface area contributed by atoms with Crippen molar-refractivity contribution in [3.63, 3.8) is 0 Å². The van der Waals surface area contributed by atoms with Gasteiger partial charge >= 0.3 is 5.97 Å². The third-order valence-electron chi connectivity index (χ3n) is 6.43. The summed E-state index contributed by atoms with van der Waals surface area (Å²) in [5.74, 6) is 0.874. The van der Waals surface area contributed by atoms with Crippen LogP contribution in [0.3, 0.4) is 0 Å². The Kier molecular flexibility index (Phi) is 8.16. The minimum Gasteiger partial charge on any atom is -0.494 e. The highest BCUT2D eigenvalue weighted by Gasteiger charge is 2.24. The third kappa shape index (κ3) is 6.49. The molecule has 0 spiro atoms. The summed E-state index contributed by atoms with van der Waals surface area (Å²) in [5, 5.41) is 12.8. The number of aromatic nitrogens is 1. The van der Waals surface area contributed by atoms with Crippen LogP contribution < -0.4 is 15.8 Å². The lowest BCUT2D eigenvalue weighted by molar-refractivity contribution is -0.137. The highest BCUT2D eigenvalue weighted by atomic mass is 16.5. The quantitative estimate of drug-likeness (QED) is 0.273. The maximum atomic E-state index is 11.5. The number of rotatable bonds is 11. The number of aliphatic carboxylic acids is 1. The van der Waals surface area contributed by atoms with Crippen molar-refractivity contribution in [2.24, 2.45) is 5.73 Å². The standard InChI is InChI=1S/C29H33N3O3/c1-2-4-20-9-11-32-28(14-20)31-10-3-12-35-26-7-6-22-15-25(18-29(33)34)27-8-5-21(19-30)13-24(27)16-23(22)17-26/h2,5-9,11,13-14,17,25H,1,3-4,10,12,15-16,18-19,30H2,(H,31,32)(H,33,34). The van der Waals surface area contributed by atoms with Gasteiger partial charge in [0.15, 0.2) is 0 Å². The minimum absolute atomic E-state index is 0.0491. The molecule has 2 aromatic carbocycles. The predicted molar refractivity (Wildman–Crippen MR) is 139 cm³/mol. The molecule has 0 saturated carbocycles. The summed E-state index contributed by atoms with van der Waals surface area (Å²) in [7, 11) is 0. The van der Waals surface area contributed by atoms with Gasteiger partial charge in [0.2, 0.25) is 0 Å². The molecule has 182 valence electrons. The molecule has 0 bridgehead atoms. The summed E-state index contributed by atoms with van der Waals surface area (Å²) in [6.07, 6.45) is 6.93. The Labute approximate surface area is 206 Å². The van der Waals surface area contributed by atoms with Crippen molar-refractivity contribution >= 4 is 11.8 Å². The first-order valence-electron chi connectivity index (χ1n) is 12.1. The first-order chi connectivity index (χ1) is 17.1. The van der Waals surface area contributed by atoms with Gasteiger partial charge in [0.25, 0.3) is 0 Å². The van der Waals surface area contributed by atoms with Gasteiger partial charge in [0, 0.05) is 19.3 Å². The van der Waals surface area contributed by atoms with Crippen molar-refractivity contribution < 1.29 is 14.6 Å². The number of carboxylic acids is 1. The summed E-state index contributed by atoms with van der Waals surface area (Å²) >= 11 is 0. The van der Waals surface area contributed by atoms with Crippen LogP contribution in [0.4, 0.5) is 5.82 Å². The van der Waals surface area contributed by atoms with Crippen molar-refractivity contribution in [1.29, 1.82) is 0 Å². The summed E-state index contributed by atoms with van der Waals surface area (Å²) in [5.41, 5.74) is 12.8. The number of allylic oxidation sites excluding steroid dienone is 1. The van der Waals surface area contributed by atoms with Crippen LogP contribution in [-0.2, 0) is 30.6 Å². The molecule has 0 amide bonds. The molecule has 0 saturated heterocycles. The van der Waals surface area contributed by atoms with Crippen molar-refractivity contribution in [2.45, 2.75) is 44.6 Å². The highest BCUT2D eigenvalue weighted by molar-refractivity contribution is 5.68. The average molecular weight is 472 g/mol. The number of nitrogens with zero attached hydrogens (tertiary/aromatic N) is 1. The highest BCUT2D eigenvalue weighted by Crippen LogP contribution is 2.36. The van der Waals surface area contributed by atoms with Crippen molar-refractivity contribution in [3.8, 4) is 5.75 Å². The molecule has 6 nitrogen and oxygen atoms in total. The lowest BCUT2D eigenvalue weighted by atomic mass is 9.88. The van der Waals surface area contributed by atoms with Gasteiger partial charge in [0.05, 0.1) is 13.0 Å². The SMILES string of the molecule is C=CCc1ccnc(NCCCOc2ccc3c(c2)Cc2cc(CN)ccc2C(CC(=O)O)C3)c1. The van der Waals surface area contributed by atoms with Crippen molar-refractivity contribution in [3.05, 3.63) is 101 Å². The van der Waals surface area contributed by atoms with Crippen LogP contribution in [0, 0.1) is 0 Å². The first-order valence-corrected chi connectivity index (χ1v) is 12.1. The van der Waals surface area contributed by atoms with E-state index in [0.29, 0.717) is 19.6 Å². The van der Waals surface area contributed by atoms with Gasteiger partial charge < -0.3 is 20.9 Å². The van der Waals surface area contributed by atoms with Crippen LogP contribution in [0.25, 0.3) is 0 Å². The number of hydrogen-bond acceptors (Lipinski definition) is 5. The normalized spacial score (nSPS) is 14.4. The Hall–Kier alpha value is -3.64. The molecule has 1 aromatic heterocycles. The van der Waals surface area contributed by atoms with Crippen molar-refractivity contribution in [1.82, 2.24) is 4.98 Å². The van der Waals surface area contributed by atoms with Gasteiger partial charge in [-0.1, -0.05) is 30.3 Å². The molecule has 4 rings (SSSR count). The maximum Gasteiger partial charge on any atom is 0.303 e. The number of carbonyl (C=O) groups is 1. The van der Waals surface area contributed by atoms with Gasteiger partial charge in [-0.25, -0.2) is 4.98 Å². The largest absolute Gasteiger partial charge is 0.494 e. The smallest absolute Gasteiger partial charge is 0.303 e. The molecule has 0 aliphatic heterocycles. The Morgan fingerprint density at radius 3 is 2.83 bits per heavy atom. The van der Waals surface area contributed by atoms with Crippen LogP contribution in [0.15, 0.2) is 67.4 Å². The van der Waals surface area contributed by atoms with E-state index in [0.717, 1.165) is 54.1 Å². The first kappa shape index (κ1) is 24.5. The number of ether oxygens (including phenoxy) is 1. The molecule has 6 heteroatoms. The van der Waals surface area contributed by atoms with Crippen LogP contribution in [-0.4, -0.2) is 29.2 Å². The number of pyridine rings is 1. The molecule has 3 aromatic rings. The van der Waals surface area contributed by atoms with E-state index in [1.165, 1.54) is 16.7 Å². The predicted octanol–water partition coefficient (Wildman–Crippen LogP) is 4.86. The van der Waals surface area contributed by atoms with Crippen LogP contribution in [0.1, 0.15) is 52.1 Å². The second-order valence-electron chi connectivity index (χ2n) is 9.01. The molecule has 1 aliphatic carbocycles. The molecule has 1 aliphatic rings. The minimum atomic E-state index is -0.775. The zero-order valence-corrected chi connectivity index (χ0v) is 20.0. The molecule has 4 N–H and O–H groups in total. The van der Waals surface area contributed by atoms with E-state index in [2.05, 4.69) is 41.1 Å². The van der Waals surface area contributed by atoms with Gasteiger partial charge in [-0.05, 0) is 89.2 Å². The fourth-order valence-corrected chi connectivity index (χ4v) is 4.71. The lowest BCUT2D eigenvalue weighted by Gasteiger charge is -2.17. The summed E-state index contributed by atoms with van der Waals surface area (Å²) < 4.78 is 6.05. The Morgan fingerprint density at radius 1 is 1.14 bits per heavy atom. The van der Waals surface area contributed by atoms with Crippen LogP contribution >= 0.6 is 0 Å². The summed E-state index contributed by atoms with van der Waals surface area (Å²) in [4.78, 5) is 15.9. The topological polar surface area (TPSA) is 97.5 Å². The van der Waals surface area contributed by atoms with E-state index in [4.69, 9.17) is 10.5 Å². The second kappa shape index (κ2) is 11.7. The molecule has 0 fully saturated rings. The van der Waals surface area contributed by atoms with E-state index < -0.39 is 5.97 Å². The molecular weight excluding hydrogens is 438 g/mol. The third-order valence-corrected chi connectivity index (χ3v) is 6.43. The number of nitrogens with two attached hydrogens (primary N) is 1. The zero-order valence-electron chi connectivity index (χ0n) is 20.0. The van der Waals surface area contributed by atoms with E-state index in [1.54, 1.807) is 0 Å². The fourth-order valence-electron chi connectivity index (χ4n) is 4.71. The van der Waals surface area contributed by atoms with Gasteiger partial charge in [-0.3, -0.25) is 4.79 Å². The van der Waals surface area contributed by atoms with E-state index >= 15 is 0 Å². The number of benzene rings is 2. The second-order valence-corrected chi connectivity index (χ2v) is 9.01. The summed E-state index contributed by atoms with van der Waals surface area (Å²) in [6, 6.07) is 16.4. The number of carboxylic acid groups (broad SMARTS) is 1. The van der Waals surface area contributed by atoms with Crippen LogP contribution in [0.2, 0.25) is 0 Å². The average Bonchev–Trinajstić information content (AvgIpc) is 2.99. The van der Waals surface area contributed by atoms with Gasteiger partial charge in [-0.2, -0.15) is 0 Å². The van der Waals surface area contributed by atoms with Crippen molar-refractivity contribution in [2.75, 3.05) is 18.5 Å². The van der Waals surface area contributed by atoms with Crippen LogP contribution in [0.5, 0.6) is 5.75 Å². The number of nitrogens with one attached hydrogen (secondary N) is 1. The number of hydrogen-bond donors (Lipinski definition) is 3. The summed E-state index contributed by atoms with van der Waals surface area (Å²) in [6.45, 7) is 5.60.